The molecule has 1 aromatic rings. The number of hydrogen-bond acceptors (Lipinski definition) is 3. The van der Waals surface area contributed by atoms with Crippen molar-refractivity contribution >= 4 is 11.9 Å². The summed E-state index contributed by atoms with van der Waals surface area (Å²) in [4.78, 5) is 23.1. The molecule has 2 unspecified atom stereocenters. The van der Waals surface area contributed by atoms with Gasteiger partial charge in [0.2, 0.25) is 5.91 Å². The van der Waals surface area contributed by atoms with E-state index >= 15 is 0 Å². The predicted octanol–water partition coefficient (Wildman–Crippen LogP) is 1.00. The quantitative estimate of drug-likeness (QED) is 0.792. The highest BCUT2D eigenvalue weighted by molar-refractivity contribution is 5.90. The monoisotopic (exact) mass is 233 g/mol. The van der Waals surface area contributed by atoms with Crippen molar-refractivity contribution in [1.82, 2.24) is 5.32 Å². The van der Waals surface area contributed by atoms with Gasteiger partial charge in [-0.3, -0.25) is 4.79 Å². The van der Waals surface area contributed by atoms with E-state index < -0.39 is 12.0 Å². The number of esters is 1. The minimum absolute atomic E-state index is 0.110. The van der Waals surface area contributed by atoms with E-state index in [0.717, 1.165) is 12.0 Å². The van der Waals surface area contributed by atoms with Crippen molar-refractivity contribution in [2.45, 2.75) is 25.3 Å². The van der Waals surface area contributed by atoms with Gasteiger partial charge in [0.1, 0.15) is 6.04 Å². The highest BCUT2D eigenvalue weighted by Crippen LogP contribution is 2.34. The van der Waals surface area contributed by atoms with Gasteiger partial charge in [-0.1, -0.05) is 24.3 Å². The largest absolute Gasteiger partial charge is 0.467 e. The van der Waals surface area contributed by atoms with Crippen LogP contribution in [0.4, 0.5) is 0 Å². The second-order valence-corrected chi connectivity index (χ2v) is 4.21. The average molecular weight is 233 g/mol. The molecule has 1 amide bonds. The number of methoxy groups -OCH3 is 1. The zero-order valence-electron chi connectivity index (χ0n) is 9.90. The summed E-state index contributed by atoms with van der Waals surface area (Å²) in [5, 5.41) is 2.66. The van der Waals surface area contributed by atoms with Gasteiger partial charge in [0.15, 0.2) is 0 Å². The number of nitrogens with one attached hydrogen (secondary N) is 1. The summed E-state index contributed by atoms with van der Waals surface area (Å²) in [6, 6.07) is 7.25. The zero-order valence-corrected chi connectivity index (χ0v) is 9.90. The van der Waals surface area contributed by atoms with E-state index in [1.807, 2.05) is 24.3 Å². The molecule has 2 atom stereocenters. The molecule has 0 aliphatic heterocycles. The van der Waals surface area contributed by atoms with E-state index in [-0.39, 0.29) is 11.8 Å². The summed E-state index contributed by atoms with van der Waals surface area (Å²) in [6.07, 6.45) is 0.746. The normalized spacial score (nSPS) is 18.6. The number of amides is 1. The van der Waals surface area contributed by atoms with E-state index in [9.17, 15) is 9.59 Å². The van der Waals surface area contributed by atoms with Crippen LogP contribution in [0.5, 0.6) is 0 Å². The molecular formula is C13H15NO3. The van der Waals surface area contributed by atoms with Crippen molar-refractivity contribution < 1.29 is 14.3 Å². The highest BCUT2D eigenvalue weighted by atomic mass is 16.5. The van der Waals surface area contributed by atoms with Crippen LogP contribution < -0.4 is 5.32 Å². The van der Waals surface area contributed by atoms with Crippen LogP contribution in [0, 0.1) is 0 Å². The topological polar surface area (TPSA) is 55.4 Å². The maximum Gasteiger partial charge on any atom is 0.328 e. The third-order valence-corrected chi connectivity index (χ3v) is 3.08. The highest BCUT2D eigenvalue weighted by Gasteiger charge is 2.33. The first-order chi connectivity index (χ1) is 8.13. The van der Waals surface area contributed by atoms with Crippen LogP contribution in [0.2, 0.25) is 0 Å². The van der Waals surface area contributed by atoms with Crippen molar-refractivity contribution in [2.75, 3.05) is 7.11 Å². The fourth-order valence-corrected chi connectivity index (χ4v) is 2.04. The summed E-state index contributed by atoms with van der Waals surface area (Å²) in [6.45, 7) is 1.62. The first kappa shape index (κ1) is 11.6. The van der Waals surface area contributed by atoms with E-state index in [1.165, 1.54) is 12.7 Å². The maximum absolute atomic E-state index is 11.9. The van der Waals surface area contributed by atoms with Gasteiger partial charge in [0.25, 0.3) is 0 Å². The summed E-state index contributed by atoms with van der Waals surface area (Å²) >= 11 is 0. The van der Waals surface area contributed by atoms with Crippen LogP contribution >= 0.6 is 0 Å². The predicted molar refractivity (Wildman–Crippen MR) is 62.5 cm³/mol. The van der Waals surface area contributed by atoms with Gasteiger partial charge in [-0.15, -0.1) is 0 Å². The molecule has 0 fully saturated rings. The molecule has 1 aromatic carbocycles. The molecule has 0 aromatic heterocycles. The Morgan fingerprint density at radius 3 is 2.76 bits per heavy atom. The molecule has 0 saturated heterocycles. The Bertz CT molecular complexity index is 456. The SMILES string of the molecule is COC(=O)C(C)NC(=O)C1Cc2ccccc21. The fraction of sp³-hybridized carbons (Fsp3) is 0.385. The molecule has 4 heteroatoms. The summed E-state index contributed by atoms with van der Waals surface area (Å²) in [5.41, 5.74) is 2.26. The minimum atomic E-state index is -0.597. The summed E-state index contributed by atoms with van der Waals surface area (Å²) in [7, 11) is 1.31. The Hall–Kier alpha value is -1.84. The third kappa shape index (κ3) is 2.16. The first-order valence-corrected chi connectivity index (χ1v) is 5.59. The maximum atomic E-state index is 11.9. The van der Waals surface area contributed by atoms with Crippen molar-refractivity contribution in [2.24, 2.45) is 0 Å². The number of benzene rings is 1. The Morgan fingerprint density at radius 2 is 2.12 bits per heavy atom. The molecular weight excluding hydrogens is 218 g/mol. The van der Waals surface area contributed by atoms with E-state index in [2.05, 4.69) is 10.1 Å². The third-order valence-electron chi connectivity index (χ3n) is 3.08. The Labute approximate surface area is 100.0 Å². The van der Waals surface area contributed by atoms with Crippen molar-refractivity contribution in [3.05, 3.63) is 35.4 Å². The van der Waals surface area contributed by atoms with Gasteiger partial charge in [-0.05, 0) is 24.5 Å². The van der Waals surface area contributed by atoms with Crippen molar-refractivity contribution in [3.8, 4) is 0 Å². The second kappa shape index (κ2) is 4.57. The molecule has 17 heavy (non-hydrogen) atoms. The van der Waals surface area contributed by atoms with Gasteiger partial charge in [-0.2, -0.15) is 0 Å². The van der Waals surface area contributed by atoms with Crippen LogP contribution in [-0.4, -0.2) is 25.0 Å². The molecule has 0 saturated carbocycles. The smallest absolute Gasteiger partial charge is 0.328 e. The lowest BCUT2D eigenvalue weighted by atomic mass is 9.77. The van der Waals surface area contributed by atoms with Crippen LogP contribution in [0.25, 0.3) is 0 Å². The molecule has 0 radical (unpaired) electrons. The van der Waals surface area contributed by atoms with Gasteiger partial charge < -0.3 is 10.1 Å². The molecule has 1 N–H and O–H groups in total. The second-order valence-electron chi connectivity index (χ2n) is 4.21. The van der Waals surface area contributed by atoms with Crippen LogP contribution in [0.1, 0.15) is 24.0 Å². The number of rotatable bonds is 3. The minimum Gasteiger partial charge on any atom is -0.467 e. The van der Waals surface area contributed by atoms with Crippen molar-refractivity contribution in [3.63, 3.8) is 0 Å². The van der Waals surface area contributed by atoms with Gasteiger partial charge in [0.05, 0.1) is 13.0 Å². The number of fused-ring (bicyclic) bond motifs is 1. The Morgan fingerprint density at radius 1 is 1.41 bits per heavy atom. The lowest BCUT2D eigenvalue weighted by molar-refractivity contribution is -0.144. The van der Waals surface area contributed by atoms with Crippen LogP contribution in [0.3, 0.4) is 0 Å². The molecule has 90 valence electrons. The standard InChI is InChI=1S/C13H15NO3/c1-8(13(16)17-2)14-12(15)11-7-9-5-3-4-6-10(9)11/h3-6,8,11H,7H2,1-2H3,(H,14,15). The van der Waals surface area contributed by atoms with E-state index in [1.54, 1.807) is 6.92 Å². The molecule has 0 bridgehead atoms. The zero-order chi connectivity index (χ0) is 12.4. The molecule has 4 nitrogen and oxygen atoms in total. The van der Waals surface area contributed by atoms with E-state index in [4.69, 9.17) is 0 Å². The number of carbonyl (C=O) groups excluding carboxylic acids is 2. The molecule has 0 heterocycles. The number of hydrogen-bond donors (Lipinski definition) is 1. The average Bonchev–Trinajstić information content (AvgIpc) is 2.29. The molecule has 1 aliphatic carbocycles. The lowest BCUT2D eigenvalue weighted by Crippen LogP contribution is -2.44. The molecule has 1 aliphatic rings. The van der Waals surface area contributed by atoms with E-state index in [0.29, 0.717) is 0 Å². The summed E-state index contributed by atoms with van der Waals surface area (Å²) in [5.74, 6) is -0.661. The summed E-state index contributed by atoms with van der Waals surface area (Å²) < 4.78 is 4.56. The van der Waals surface area contributed by atoms with Crippen LogP contribution in [0.15, 0.2) is 24.3 Å². The van der Waals surface area contributed by atoms with Crippen LogP contribution in [-0.2, 0) is 20.7 Å². The Kier molecular flexibility index (Phi) is 3.13. The van der Waals surface area contributed by atoms with Gasteiger partial charge in [0, 0.05) is 0 Å². The van der Waals surface area contributed by atoms with Gasteiger partial charge in [-0.25, -0.2) is 4.79 Å². The first-order valence-electron chi connectivity index (χ1n) is 5.59. The van der Waals surface area contributed by atoms with Gasteiger partial charge >= 0.3 is 5.97 Å². The number of ether oxygens (including phenoxy) is 1. The van der Waals surface area contributed by atoms with Crippen molar-refractivity contribution in [1.29, 1.82) is 0 Å². The molecule has 0 spiro atoms. The Balaban J connectivity index is 1.98. The lowest BCUT2D eigenvalue weighted by Gasteiger charge is -2.29. The molecule has 2 rings (SSSR count). The fourth-order valence-electron chi connectivity index (χ4n) is 2.04. The number of carbonyl (C=O) groups is 2.